The summed E-state index contributed by atoms with van der Waals surface area (Å²) in [6.45, 7) is -0.790. The van der Waals surface area contributed by atoms with E-state index in [1.807, 2.05) is 0 Å². The lowest BCUT2D eigenvalue weighted by atomic mass is 10.1. The molecule has 0 saturated carbocycles. The highest BCUT2D eigenvalue weighted by Gasteiger charge is 2.36. The quantitative estimate of drug-likeness (QED) is 0.641. The fourth-order valence-electron chi connectivity index (χ4n) is 1.21. The van der Waals surface area contributed by atoms with Crippen LogP contribution in [0, 0.1) is 5.95 Å². The van der Waals surface area contributed by atoms with E-state index in [9.17, 15) is 26.3 Å². The summed E-state index contributed by atoms with van der Waals surface area (Å²) in [7, 11) is 0. The molecule has 8 heteroatoms. The molecular formula is C8H6F6N2. The van der Waals surface area contributed by atoms with Gasteiger partial charge in [0, 0.05) is 18.2 Å². The first-order chi connectivity index (χ1) is 7.27. The second-order valence-corrected chi connectivity index (χ2v) is 2.86. The Morgan fingerprint density at radius 3 is 2.25 bits per heavy atom. The summed E-state index contributed by atoms with van der Waals surface area (Å²) < 4.78 is 74.4. The van der Waals surface area contributed by atoms with Crippen molar-refractivity contribution in [1.82, 2.24) is 4.98 Å². The zero-order valence-corrected chi connectivity index (χ0v) is 7.65. The highest BCUT2D eigenvalue weighted by atomic mass is 19.4. The number of aromatic nitrogens is 1. The number of rotatable bonds is 2. The first kappa shape index (κ1) is 12.8. The second kappa shape index (κ2) is 4.28. The van der Waals surface area contributed by atoms with Crippen LogP contribution in [0.1, 0.15) is 23.2 Å². The van der Waals surface area contributed by atoms with E-state index in [4.69, 9.17) is 5.73 Å². The fourth-order valence-corrected chi connectivity index (χ4v) is 1.21. The maximum Gasteiger partial charge on any atom is 0.416 e. The molecule has 2 nitrogen and oxygen atoms in total. The molecule has 0 amide bonds. The molecule has 0 aliphatic rings. The molecule has 0 spiro atoms. The molecule has 2 N–H and O–H groups in total. The summed E-state index contributed by atoms with van der Waals surface area (Å²) in [4.78, 5) is 2.72. The van der Waals surface area contributed by atoms with Gasteiger partial charge in [-0.25, -0.2) is 13.8 Å². The number of halogens is 6. The standard InChI is InChI=1S/C8H6F6N2/c9-5-1-4(8(12,13)14)3(2-15)6(16-5)7(10)11/h1,7H,2,15H2. The number of hydrogen-bond acceptors (Lipinski definition) is 2. The Labute approximate surface area is 86.1 Å². The predicted octanol–water partition coefficient (Wildman–Crippen LogP) is 2.64. The average molecular weight is 244 g/mol. The minimum absolute atomic E-state index is 0.0497. The second-order valence-electron chi connectivity index (χ2n) is 2.86. The number of hydrogen-bond donors (Lipinski definition) is 1. The molecule has 0 saturated heterocycles. The first-order valence-electron chi connectivity index (χ1n) is 4.02. The molecule has 1 heterocycles. The zero-order chi connectivity index (χ0) is 12.5. The smallest absolute Gasteiger partial charge is 0.326 e. The van der Waals surface area contributed by atoms with E-state index in [0.717, 1.165) is 0 Å². The van der Waals surface area contributed by atoms with Crippen LogP contribution in [0.25, 0.3) is 0 Å². The Hall–Kier alpha value is -1.31. The van der Waals surface area contributed by atoms with Gasteiger partial charge in [-0.3, -0.25) is 0 Å². The van der Waals surface area contributed by atoms with Gasteiger partial charge >= 0.3 is 6.18 Å². The van der Waals surface area contributed by atoms with E-state index in [1.54, 1.807) is 0 Å². The van der Waals surface area contributed by atoms with Gasteiger partial charge in [-0.2, -0.15) is 17.6 Å². The van der Waals surface area contributed by atoms with Crippen molar-refractivity contribution in [3.05, 3.63) is 28.8 Å². The SMILES string of the molecule is NCc1c(C(F)(F)F)cc(F)nc1C(F)F. The van der Waals surface area contributed by atoms with E-state index < -0.39 is 41.9 Å². The average Bonchev–Trinajstić information content (AvgIpc) is 2.14. The lowest BCUT2D eigenvalue weighted by molar-refractivity contribution is -0.138. The highest BCUT2D eigenvalue weighted by Crippen LogP contribution is 2.35. The van der Waals surface area contributed by atoms with Gasteiger partial charge in [0.1, 0.15) is 5.69 Å². The van der Waals surface area contributed by atoms with E-state index in [2.05, 4.69) is 4.98 Å². The van der Waals surface area contributed by atoms with Gasteiger partial charge in [-0.15, -0.1) is 0 Å². The summed E-state index contributed by atoms with van der Waals surface area (Å²) in [5.74, 6) is -1.61. The highest BCUT2D eigenvalue weighted by molar-refractivity contribution is 5.33. The van der Waals surface area contributed by atoms with Crippen molar-refractivity contribution in [3.63, 3.8) is 0 Å². The Bertz CT molecular complexity index is 387. The van der Waals surface area contributed by atoms with Gasteiger partial charge in [0.25, 0.3) is 6.43 Å². The topological polar surface area (TPSA) is 38.9 Å². The number of alkyl halides is 5. The van der Waals surface area contributed by atoms with Crippen molar-refractivity contribution in [3.8, 4) is 0 Å². The van der Waals surface area contributed by atoms with Gasteiger partial charge in [0.05, 0.1) is 5.56 Å². The zero-order valence-electron chi connectivity index (χ0n) is 7.65. The minimum Gasteiger partial charge on any atom is -0.326 e. The van der Waals surface area contributed by atoms with Gasteiger partial charge < -0.3 is 5.73 Å². The van der Waals surface area contributed by atoms with E-state index >= 15 is 0 Å². The van der Waals surface area contributed by atoms with Crippen molar-refractivity contribution in [2.45, 2.75) is 19.1 Å². The molecule has 16 heavy (non-hydrogen) atoms. The third-order valence-corrected chi connectivity index (χ3v) is 1.84. The Morgan fingerprint density at radius 1 is 1.31 bits per heavy atom. The molecule has 0 aliphatic heterocycles. The Balaban J connectivity index is 3.49. The number of nitrogens with zero attached hydrogens (tertiary/aromatic N) is 1. The molecule has 0 bridgehead atoms. The lowest BCUT2D eigenvalue weighted by Gasteiger charge is -2.14. The molecule has 1 rings (SSSR count). The third kappa shape index (κ3) is 2.43. The number of nitrogens with two attached hydrogens (primary N) is 1. The van der Waals surface area contributed by atoms with Crippen LogP contribution in [-0.2, 0) is 12.7 Å². The normalized spacial score (nSPS) is 12.2. The molecular weight excluding hydrogens is 238 g/mol. The van der Waals surface area contributed by atoms with E-state index in [1.165, 1.54) is 0 Å². The van der Waals surface area contributed by atoms with Crippen molar-refractivity contribution >= 4 is 0 Å². The molecule has 0 aromatic carbocycles. The fraction of sp³-hybridized carbons (Fsp3) is 0.375. The van der Waals surface area contributed by atoms with Gasteiger partial charge in [-0.1, -0.05) is 0 Å². The molecule has 0 radical (unpaired) electrons. The van der Waals surface area contributed by atoms with Gasteiger partial charge in [0.15, 0.2) is 0 Å². The lowest BCUT2D eigenvalue weighted by Crippen LogP contribution is -2.17. The van der Waals surface area contributed by atoms with Gasteiger partial charge in [-0.05, 0) is 0 Å². The number of pyridine rings is 1. The largest absolute Gasteiger partial charge is 0.416 e. The Morgan fingerprint density at radius 2 is 1.88 bits per heavy atom. The van der Waals surface area contributed by atoms with Crippen LogP contribution in [0.3, 0.4) is 0 Å². The molecule has 0 aliphatic carbocycles. The van der Waals surface area contributed by atoms with Crippen LogP contribution in [-0.4, -0.2) is 4.98 Å². The van der Waals surface area contributed by atoms with Crippen LogP contribution in [0.15, 0.2) is 6.07 Å². The molecule has 90 valence electrons. The van der Waals surface area contributed by atoms with Crippen LogP contribution < -0.4 is 5.73 Å². The molecule has 1 aromatic heterocycles. The summed E-state index contributed by atoms with van der Waals surface area (Å²) in [5, 5.41) is 0. The minimum atomic E-state index is -4.94. The van der Waals surface area contributed by atoms with Crippen LogP contribution >= 0.6 is 0 Å². The van der Waals surface area contributed by atoms with Crippen molar-refractivity contribution in [1.29, 1.82) is 0 Å². The molecule has 0 unspecified atom stereocenters. The molecule has 1 aromatic rings. The van der Waals surface area contributed by atoms with Crippen molar-refractivity contribution in [2.24, 2.45) is 5.73 Å². The maximum atomic E-state index is 12.6. The maximum absolute atomic E-state index is 12.6. The third-order valence-electron chi connectivity index (χ3n) is 1.84. The summed E-state index contributed by atoms with van der Waals surface area (Å²) >= 11 is 0. The monoisotopic (exact) mass is 244 g/mol. The molecule has 0 atom stereocenters. The summed E-state index contributed by atoms with van der Waals surface area (Å²) in [6, 6.07) is 0.0497. The first-order valence-corrected chi connectivity index (χ1v) is 4.02. The van der Waals surface area contributed by atoms with Crippen LogP contribution in [0.2, 0.25) is 0 Å². The van der Waals surface area contributed by atoms with Crippen molar-refractivity contribution < 1.29 is 26.3 Å². The van der Waals surface area contributed by atoms with Crippen LogP contribution in [0.4, 0.5) is 26.3 Å². The predicted molar refractivity (Wildman–Crippen MR) is 42.0 cm³/mol. The van der Waals surface area contributed by atoms with E-state index in [-0.39, 0.29) is 6.07 Å². The van der Waals surface area contributed by atoms with Crippen molar-refractivity contribution in [2.75, 3.05) is 0 Å². The Kier molecular flexibility index (Phi) is 3.41. The van der Waals surface area contributed by atoms with E-state index in [0.29, 0.717) is 0 Å². The van der Waals surface area contributed by atoms with Crippen LogP contribution in [0.5, 0.6) is 0 Å². The molecule has 0 fully saturated rings. The van der Waals surface area contributed by atoms with Gasteiger partial charge in [0.2, 0.25) is 5.95 Å². The summed E-state index contributed by atoms with van der Waals surface area (Å²) in [6.07, 6.45) is -8.25. The summed E-state index contributed by atoms with van der Waals surface area (Å²) in [5.41, 5.74) is 1.27.